The van der Waals surface area contributed by atoms with Crippen LogP contribution in [0.2, 0.25) is 0 Å². The summed E-state index contributed by atoms with van der Waals surface area (Å²) in [5.74, 6) is -2.06. The van der Waals surface area contributed by atoms with Crippen LogP contribution in [0.5, 0.6) is 0 Å². The summed E-state index contributed by atoms with van der Waals surface area (Å²) >= 11 is 0. The molecule has 20 heavy (non-hydrogen) atoms. The van der Waals surface area contributed by atoms with Gasteiger partial charge in [0.15, 0.2) is 0 Å². The number of nitrogens with two attached hydrogens (primary N) is 1. The lowest BCUT2D eigenvalue weighted by Gasteiger charge is -2.10. The summed E-state index contributed by atoms with van der Waals surface area (Å²) in [6.07, 6.45) is 0. The normalized spacial score (nSPS) is 13.9. The summed E-state index contributed by atoms with van der Waals surface area (Å²) < 4.78 is 48.2. The van der Waals surface area contributed by atoms with Crippen LogP contribution in [-0.2, 0) is 24.8 Å². The molecule has 4 N–H and O–H groups in total. The SMILES string of the molecule is CC(CNS(=O)(=O)c1cccc(S(N)(=O)=O)c1)C(=O)O. The lowest BCUT2D eigenvalue weighted by Crippen LogP contribution is -2.31. The van der Waals surface area contributed by atoms with E-state index in [9.17, 15) is 21.6 Å². The molecule has 8 nitrogen and oxygen atoms in total. The molecule has 0 bridgehead atoms. The molecule has 0 heterocycles. The molecule has 0 radical (unpaired) electrons. The highest BCUT2D eigenvalue weighted by molar-refractivity contribution is 7.90. The molecule has 0 saturated heterocycles. The molecule has 0 aliphatic heterocycles. The van der Waals surface area contributed by atoms with Gasteiger partial charge in [-0.15, -0.1) is 0 Å². The molecule has 1 atom stereocenters. The Bertz CT molecular complexity index is 711. The maximum atomic E-state index is 11.9. The Morgan fingerprint density at radius 1 is 1.30 bits per heavy atom. The Balaban J connectivity index is 3.02. The summed E-state index contributed by atoms with van der Waals surface area (Å²) in [6, 6.07) is 4.48. The highest BCUT2D eigenvalue weighted by Gasteiger charge is 2.20. The lowest BCUT2D eigenvalue weighted by molar-refractivity contribution is -0.140. The second-order valence-electron chi connectivity index (χ2n) is 4.11. The minimum Gasteiger partial charge on any atom is -0.481 e. The Morgan fingerprint density at radius 2 is 1.85 bits per heavy atom. The molecule has 0 aromatic heterocycles. The van der Waals surface area contributed by atoms with Gasteiger partial charge in [0, 0.05) is 6.54 Å². The van der Waals surface area contributed by atoms with Gasteiger partial charge in [0.2, 0.25) is 20.0 Å². The van der Waals surface area contributed by atoms with Crippen molar-refractivity contribution in [1.29, 1.82) is 0 Å². The van der Waals surface area contributed by atoms with Gasteiger partial charge < -0.3 is 5.11 Å². The van der Waals surface area contributed by atoms with Crippen molar-refractivity contribution in [1.82, 2.24) is 4.72 Å². The number of hydrogen-bond donors (Lipinski definition) is 3. The van der Waals surface area contributed by atoms with E-state index in [1.165, 1.54) is 19.1 Å². The van der Waals surface area contributed by atoms with E-state index in [-0.39, 0.29) is 16.3 Å². The van der Waals surface area contributed by atoms with Crippen LogP contribution < -0.4 is 9.86 Å². The van der Waals surface area contributed by atoms with Gasteiger partial charge >= 0.3 is 5.97 Å². The fraction of sp³-hybridized carbons (Fsp3) is 0.300. The number of nitrogens with one attached hydrogen (secondary N) is 1. The molecule has 0 amide bonds. The lowest BCUT2D eigenvalue weighted by atomic mass is 10.2. The second kappa shape index (κ2) is 5.87. The van der Waals surface area contributed by atoms with Crippen molar-refractivity contribution in [3.8, 4) is 0 Å². The molecule has 1 unspecified atom stereocenters. The monoisotopic (exact) mass is 322 g/mol. The van der Waals surface area contributed by atoms with Gasteiger partial charge in [0.1, 0.15) is 0 Å². The van der Waals surface area contributed by atoms with Gasteiger partial charge in [-0.1, -0.05) is 13.0 Å². The third kappa shape index (κ3) is 4.27. The zero-order valence-electron chi connectivity index (χ0n) is 10.5. The van der Waals surface area contributed by atoms with Gasteiger partial charge in [-0.05, 0) is 18.2 Å². The minimum atomic E-state index is -4.02. The predicted molar refractivity (Wildman–Crippen MR) is 69.8 cm³/mol. The number of primary sulfonamides is 1. The third-order valence-electron chi connectivity index (χ3n) is 2.45. The summed E-state index contributed by atoms with van der Waals surface area (Å²) in [7, 11) is -8.02. The van der Waals surface area contributed by atoms with Crippen molar-refractivity contribution >= 4 is 26.0 Å². The molecule has 10 heteroatoms. The van der Waals surface area contributed by atoms with E-state index < -0.39 is 31.9 Å². The first-order valence-corrected chi connectivity index (χ1v) is 8.42. The van der Waals surface area contributed by atoms with E-state index in [0.29, 0.717) is 0 Å². The van der Waals surface area contributed by atoms with E-state index in [0.717, 1.165) is 12.1 Å². The Labute approximate surface area is 116 Å². The number of sulfonamides is 2. The van der Waals surface area contributed by atoms with Crippen LogP contribution in [0.1, 0.15) is 6.92 Å². The number of hydrogen-bond acceptors (Lipinski definition) is 5. The van der Waals surface area contributed by atoms with Crippen molar-refractivity contribution in [3.05, 3.63) is 24.3 Å². The van der Waals surface area contributed by atoms with E-state index in [2.05, 4.69) is 4.72 Å². The molecule has 1 aromatic rings. The first-order chi connectivity index (χ1) is 9.04. The van der Waals surface area contributed by atoms with Crippen molar-refractivity contribution in [2.75, 3.05) is 6.54 Å². The number of aliphatic carboxylic acids is 1. The Hall–Kier alpha value is -1.49. The number of carboxylic acid groups (broad SMARTS) is 1. The Morgan fingerprint density at radius 3 is 2.35 bits per heavy atom. The van der Waals surface area contributed by atoms with Crippen LogP contribution in [0, 0.1) is 5.92 Å². The number of rotatable bonds is 6. The number of carboxylic acids is 1. The number of carbonyl (C=O) groups is 1. The summed E-state index contributed by atoms with van der Waals surface area (Å²) in [5, 5.41) is 13.6. The standard InChI is InChI=1S/C10H14N2O6S2/c1-7(10(13)14)6-12-20(17,18)9-4-2-3-8(5-9)19(11,15)16/h2-5,7,12H,6H2,1H3,(H,13,14)(H2,11,15,16). The maximum Gasteiger partial charge on any atom is 0.307 e. The first kappa shape index (κ1) is 16.6. The molecule has 1 aromatic carbocycles. The quantitative estimate of drug-likeness (QED) is 0.634. The van der Waals surface area contributed by atoms with Crippen LogP contribution in [-0.4, -0.2) is 34.5 Å². The highest BCUT2D eigenvalue weighted by atomic mass is 32.2. The van der Waals surface area contributed by atoms with Gasteiger partial charge in [-0.25, -0.2) is 26.7 Å². The van der Waals surface area contributed by atoms with Crippen molar-refractivity contribution in [2.45, 2.75) is 16.7 Å². The average molecular weight is 322 g/mol. The second-order valence-corrected chi connectivity index (χ2v) is 7.44. The molecule has 0 fully saturated rings. The fourth-order valence-corrected chi connectivity index (χ4v) is 3.03. The molecule has 0 aliphatic rings. The largest absolute Gasteiger partial charge is 0.481 e. The summed E-state index contributed by atoms with van der Waals surface area (Å²) in [4.78, 5) is 9.96. The minimum absolute atomic E-state index is 0.304. The van der Waals surface area contributed by atoms with E-state index in [1.807, 2.05) is 0 Å². The molecule has 112 valence electrons. The van der Waals surface area contributed by atoms with E-state index >= 15 is 0 Å². The van der Waals surface area contributed by atoms with Gasteiger partial charge in [0.05, 0.1) is 15.7 Å². The predicted octanol–water partition coefficient (Wildman–Crippen LogP) is -0.667. The van der Waals surface area contributed by atoms with Crippen LogP contribution >= 0.6 is 0 Å². The van der Waals surface area contributed by atoms with Gasteiger partial charge in [-0.3, -0.25) is 4.79 Å². The van der Waals surface area contributed by atoms with Crippen molar-refractivity contribution in [3.63, 3.8) is 0 Å². The van der Waals surface area contributed by atoms with Crippen molar-refractivity contribution < 1.29 is 26.7 Å². The van der Waals surface area contributed by atoms with Crippen LogP contribution in [0.25, 0.3) is 0 Å². The molecule has 0 saturated carbocycles. The molecular formula is C10H14N2O6S2. The smallest absolute Gasteiger partial charge is 0.307 e. The zero-order chi connectivity index (χ0) is 15.6. The number of benzene rings is 1. The summed E-state index contributed by atoms with van der Waals surface area (Å²) in [6.45, 7) is 1.03. The maximum absolute atomic E-state index is 11.9. The Kier molecular flexibility index (Phi) is 4.86. The van der Waals surface area contributed by atoms with Crippen LogP contribution in [0.3, 0.4) is 0 Å². The van der Waals surface area contributed by atoms with Crippen LogP contribution in [0.4, 0.5) is 0 Å². The topological polar surface area (TPSA) is 144 Å². The highest BCUT2D eigenvalue weighted by Crippen LogP contribution is 2.14. The van der Waals surface area contributed by atoms with E-state index in [4.69, 9.17) is 10.2 Å². The zero-order valence-corrected chi connectivity index (χ0v) is 12.1. The average Bonchev–Trinajstić information content (AvgIpc) is 2.35. The van der Waals surface area contributed by atoms with Crippen LogP contribution in [0.15, 0.2) is 34.1 Å². The van der Waals surface area contributed by atoms with Gasteiger partial charge in [0.25, 0.3) is 0 Å². The van der Waals surface area contributed by atoms with Gasteiger partial charge in [-0.2, -0.15) is 0 Å². The summed E-state index contributed by atoms with van der Waals surface area (Å²) in [5.41, 5.74) is 0. The molecule has 0 spiro atoms. The van der Waals surface area contributed by atoms with E-state index in [1.54, 1.807) is 0 Å². The third-order valence-corrected chi connectivity index (χ3v) is 4.78. The molecular weight excluding hydrogens is 308 g/mol. The fourth-order valence-electron chi connectivity index (χ4n) is 1.22. The molecule has 0 aliphatic carbocycles. The van der Waals surface area contributed by atoms with Crippen molar-refractivity contribution in [2.24, 2.45) is 11.1 Å². The first-order valence-electron chi connectivity index (χ1n) is 5.39. The molecule has 1 rings (SSSR count).